The Kier molecular flexibility index (Phi) is 4.99. The van der Waals surface area contributed by atoms with Crippen LogP contribution >= 0.6 is 0 Å². The smallest absolute Gasteiger partial charge is 0.0666 e. The maximum absolute atomic E-state index is 8.72. The summed E-state index contributed by atoms with van der Waals surface area (Å²) in [5, 5.41) is 12.1. The van der Waals surface area contributed by atoms with Crippen LogP contribution in [0.1, 0.15) is 25.5 Å². The van der Waals surface area contributed by atoms with Gasteiger partial charge in [0.25, 0.3) is 0 Å². The zero-order valence-electron chi connectivity index (χ0n) is 11.1. The molecule has 0 saturated heterocycles. The zero-order chi connectivity index (χ0) is 12.8. The highest BCUT2D eigenvalue weighted by atomic mass is 15.1. The maximum Gasteiger partial charge on any atom is 0.0666 e. The quantitative estimate of drug-likeness (QED) is 0.846. The Balaban J connectivity index is 2.58. The Bertz CT molecular complexity index is 375. The first kappa shape index (κ1) is 13.5. The third-order valence-electron chi connectivity index (χ3n) is 2.86. The van der Waals surface area contributed by atoms with Gasteiger partial charge in [0.05, 0.1) is 12.0 Å². The van der Waals surface area contributed by atoms with Crippen molar-refractivity contribution in [3.63, 3.8) is 0 Å². The summed E-state index contributed by atoms with van der Waals surface area (Å²) >= 11 is 0. The SMILES string of the molecule is CC(C#N)CNC(C)c1ccc(N(C)C)cc1. The second kappa shape index (κ2) is 6.27. The molecule has 0 amide bonds. The van der Waals surface area contributed by atoms with Crippen molar-refractivity contribution in [2.45, 2.75) is 19.9 Å². The van der Waals surface area contributed by atoms with Gasteiger partial charge in [-0.2, -0.15) is 5.26 Å². The fourth-order valence-corrected chi connectivity index (χ4v) is 1.58. The second-order valence-corrected chi connectivity index (χ2v) is 4.65. The summed E-state index contributed by atoms with van der Waals surface area (Å²) in [5.41, 5.74) is 2.45. The van der Waals surface area contributed by atoms with Crippen LogP contribution in [-0.2, 0) is 0 Å². The summed E-state index contributed by atoms with van der Waals surface area (Å²) < 4.78 is 0. The van der Waals surface area contributed by atoms with Crippen molar-refractivity contribution in [2.24, 2.45) is 5.92 Å². The van der Waals surface area contributed by atoms with Crippen LogP contribution < -0.4 is 10.2 Å². The Hall–Kier alpha value is -1.53. The predicted octanol–water partition coefficient (Wildman–Crippen LogP) is 2.56. The molecule has 0 aliphatic rings. The van der Waals surface area contributed by atoms with Gasteiger partial charge in [0.2, 0.25) is 0 Å². The third kappa shape index (κ3) is 4.08. The molecule has 92 valence electrons. The van der Waals surface area contributed by atoms with Crippen LogP contribution in [0.2, 0.25) is 0 Å². The molecule has 0 fully saturated rings. The molecule has 1 N–H and O–H groups in total. The van der Waals surface area contributed by atoms with E-state index in [9.17, 15) is 0 Å². The second-order valence-electron chi connectivity index (χ2n) is 4.65. The number of hydrogen-bond acceptors (Lipinski definition) is 3. The molecule has 2 unspecified atom stereocenters. The van der Waals surface area contributed by atoms with Gasteiger partial charge >= 0.3 is 0 Å². The first-order chi connectivity index (χ1) is 8.04. The molecule has 0 aromatic heterocycles. The average Bonchev–Trinajstić information content (AvgIpc) is 2.35. The molecule has 0 spiro atoms. The summed E-state index contributed by atoms with van der Waals surface area (Å²) in [6.07, 6.45) is 0. The van der Waals surface area contributed by atoms with Gasteiger partial charge in [0, 0.05) is 32.4 Å². The Morgan fingerprint density at radius 3 is 2.29 bits per heavy atom. The fourth-order valence-electron chi connectivity index (χ4n) is 1.58. The van der Waals surface area contributed by atoms with E-state index in [0.29, 0.717) is 0 Å². The van der Waals surface area contributed by atoms with Crippen LogP contribution in [0.3, 0.4) is 0 Å². The molecular formula is C14H21N3. The number of nitrogens with zero attached hydrogens (tertiary/aromatic N) is 2. The summed E-state index contributed by atoms with van der Waals surface area (Å²) in [7, 11) is 4.07. The van der Waals surface area contributed by atoms with E-state index < -0.39 is 0 Å². The molecule has 0 aliphatic heterocycles. The predicted molar refractivity (Wildman–Crippen MR) is 72.0 cm³/mol. The van der Waals surface area contributed by atoms with Crippen LogP contribution in [0.25, 0.3) is 0 Å². The summed E-state index contributed by atoms with van der Waals surface area (Å²) in [4.78, 5) is 2.08. The van der Waals surface area contributed by atoms with Gasteiger partial charge in [-0.25, -0.2) is 0 Å². The molecule has 0 saturated carbocycles. The van der Waals surface area contributed by atoms with E-state index in [1.54, 1.807) is 0 Å². The van der Waals surface area contributed by atoms with Gasteiger partial charge in [0.1, 0.15) is 0 Å². The first-order valence-corrected chi connectivity index (χ1v) is 5.95. The molecule has 17 heavy (non-hydrogen) atoms. The highest BCUT2D eigenvalue weighted by Gasteiger charge is 2.07. The lowest BCUT2D eigenvalue weighted by Gasteiger charge is -2.17. The number of anilines is 1. The van der Waals surface area contributed by atoms with Crippen molar-refractivity contribution in [1.82, 2.24) is 5.32 Å². The molecule has 1 rings (SSSR count). The standard InChI is InChI=1S/C14H21N3/c1-11(9-15)10-16-12(2)13-5-7-14(8-6-13)17(3)4/h5-8,11-12,16H,10H2,1-4H3. The molecule has 3 heteroatoms. The van der Waals surface area contributed by atoms with Gasteiger partial charge in [-0.15, -0.1) is 0 Å². The van der Waals surface area contributed by atoms with Crippen molar-refractivity contribution in [2.75, 3.05) is 25.5 Å². The minimum atomic E-state index is 0.0542. The number of rotatable bonds is 5. The summed E-state index contributed by atoms with van der Waals surface area (Å²) in [5.74, 6) is 0.0542. The van der Waals surface area contributed by atoms with Crippen LogP contribution in [0.15, 0.2) is 24.3 Å². The molecule has 1 aromatic carbocycles. The molecule has 3 nitrogen and oxygen atoms in total. The van der Waals surface area contributed by atoms with Crippen LogP contribution in [-0.4, -0.2) is 20.6 Å². The third-order valence-corrected chi connectivity index (χ3v) is 2.86. The average molecular weight is 231 g/mol. The lowest BCUT2D eigenvalue weighted by molar-refractivity contribution is 0.528. The van der Waals surface area contributed by atoms with Gasteiger partial charge in [-0.1, -0.05) is 12.1 Å². The van der Waals surface area contributed by atoms with Crippen molar-refractivity contribution < 1.29 is 0 Å². The normalized spacial score (nSPS) is 13.8. The number of hydrogen-bond donors (Lipinski definition) is 1. The van der Waals surface area contributed by atoms with E-state index in [-0.39, 0.29) is 12.0 Å². The minimum absolute atomic E-state index is 0.0542. The molecule has 0 radical (unpaired) electrons. The Morgan fingerprint density at radius 2 is 1.82 bits per heavy atom. The lowest BCUT2D eigenvalue weighted by atomic mass is 10.1. The number of nitrogens with one attached hydrogen (secondary N) is 1. The molecule has 0 heterocycles. The van der Waals surface area contributed by atoms with E-state index in [4.69, 9.17) is 5.26 Å². The Morgan fingerprint density at radius 1 is 1.24 bits per heavy atom. The van der Waals surface area contributed by atoms with E-state index in [0.717, 1.165) is 6.54 Å². The van der Waals surface area contributed by atoms with Crippen molar-refractivity contribution in [1.29, 1.82) is 5.26 Å². The van der Waals surface area contributed by atoms with Gasteiger partial charge in [-0.3, -0.25) is 0 Å². The molecule has 0 bridgehead atoms. The molecule has 0 aliphatic carbocycles. The monoisotopic (exact) mass is 231 g/mol. The maximum atomic E-state index is 8.72. The van der Waals surface area contributed by atoms with E-state index >= 15 is 0 Å². The molecule has 1 aromatic rings. The minimum Gasteiger partial charge on any atom is -0.378 e. The lowest BCUT2D eigenvalue weighted by Crippen LogP contribution is -2.23. The van der Waals surface area contributed by atoms with Crippen molar-refractivity contribution in [3.8, 4) is 6.07 Å². The topological polar surface area (TPSA) is 39.1 Å². The highest BCUT2D eigenvalue weighted by molar-refractivity contribution is 5.46. The van der Waals surface area contributed by atoms with E-state index in [1.807, 2.05) is 21.0 Å². The molecule has 2 atom stereocenters. The van der Waals surface area contributed by atoms with E-state index in [2.05, 4.69) is 47.5 Å². The van der Waals surface area contributed by atoms with Crippen molar-refractivity contribution >= 4 is 5.69 Å². The van der Waals surface area contributed by atoms with Crippen LogP contribution in [0.4, 0.5) is 5.69 Å². The van der Waals surface area contributed by atoms with Crippen LogP contribution in [0.5, 0.6) is 0 Å². The number of benzene rings is 1. The largest absolute Gasteiger partial charge is 0.378 e. The Labute approximate surface area is 104 Å². The number of nitriles is 1. The fraction of sp³-hybridized carbons (Fsp3) is 0.500. The van der Waals surface area contributed by atoms with E-state index in [1.165, 1.54) is 11.3 Å². The highest BCUT2D eigenvalue weighted by Crippen LogP contribution is 2.17. The van der Waals surface area contributed by atoms with Gasteiger partial charge in [0.15, 0.2) is 0 Å². The first-order valence-electron chi connectivity index (χ1n) is 5.95. The van der Waals surface area contributed by atoms with Gasteiger partial charge < -0.3 is 10.2 Å². The van der Waals surface area contributed by atoms with Crippen molar-refractivity contribution in [3.05, 3.63) is 29.8 Å². The zero-order valence-corrected chi connectivity index (χ0v) is 11.1. The van der Waals surface area contributed by atoms with Gasteiger partial charge in [-0.05, 0) is 31.5 Å². The summed E-state index contributed by atoms with van der Waals surface area (Å²) in [6, 6.07) is 11.0. The summed E-state index contributed by atoms with van der Waals surface area (Å²) in [6.45, 7) is 4.77. The van der Waals surface area contributed by atoms with Crippen LogP contribution in [0, 0.1) is 17.2 Å². The molecular weight excluding hydrogens is 210 g/mol.